The van der Waals surface area contributed by atoms with Crippen LogP contribution in [0, 0.1) is 0 Å². The SMILES string of the molecule is Cn1c(CC2(c3ccccc3)CCCC2)nc(C(O)O)c(O)c1=O. The van der Waals surface area contributed by atoms with Crippen molar-refractivity contribution in [1.29, 1.82) is 0 Å². The average molecular weight is 330 g/mol. The van der Waals surface area contributed by atoms with Crippen LogP contribution in [0.3, 0.4) is 0 Å². The van der Waals surface area contributed by atoms with E-state index in [0.29, 0.717) is 12.2 Å². The fraction of sp³-hybridized carbons (Fsp3) is 0.444. The highest BCUT2D eigenvalue weighted by molar-refractivity contribution is 5.30. The van der Waals surface area contributed by atoms with Gasteiger partial charge >= 0.3 is 0 Å². The van der Waals surface area contributed by atoms with Gasteiger partial charge in [-0.25, -0.2) is 4.98 Å². The number of nitrogens with zero attached hydrogens (tertiary/aromatic N) is 2. The fourth-order valence-electron chi connectivity index (χ4n) is 3.70. The molecule has 0 aliphatic heterocycles. The summed E-state index contributed by atoms with van der Waals surface area (Å²) in [4.78, 5) is 16.4. The molecule has 0 amide bonds. The van der Waals surface area contributed by atoms with E-state index < -0.39 is 17.6 Å². The van der Waals surface area contributed by atoms with Gasteiger partial charge in [0.2, 0.25) is 5.75 Å². The van der Waals surface area contributed by atoms with Gasteiger partial charge in [-0.05, 0) is 18.4 Å². The minimum Gasteiger partial charge on any atom is -0.502 e. The van der Waals surface area contributed by atoms with Gasteiger partial charge in [-0.3, -0.25) is 9.36 Å². The summed E-state index contributed by atoms with van der Waals surface area (Å²) in [6.45, 7) is 0. The Bertz CT molecular complexity index is 778. The number of hydrogen-bond acceptors (Lipinski definition) is 5. The van der Waals surface area contributed by atoms with E-state index in [-0.39, 0.29) is 11.1 Å². The molecule has 0 saturated heterocycles. The van der Waals surface area contributed by atoms with Crippen molar-refractivity contribution < 1.29 is 15.3 Å². The number of benzene rings is 1. The Kier molecular flexibility index (Phi) is 4.43. The third kappa shape index (κ3) is 2.83. The van der Waals surface area contributed by atoms with Crippen LogP contribution in [0.25, 0.3) is 0 Å². The number of aromatic nitrogens is 2. The molecule has 0 bridgehead atoms. The summed E-state index contributed by atoms with van der Waals surface area (Å²) in [6.07, 6.45) is 2.74. The van der Waals surface area contributed by atoms with Crippen LogP contribution in [-0.4, -0.2) is 24.9 Å². The predicted molar refractivity (Wildman–Crippen MR) is 88.6 cm³/mol. The molecule has 1 aliphatic rings. The van der Waals surface area contributed by atoms with Gasteiger partial charge in [-0.2, -0.15) is 0 Å². The van der Waals surface area contributed by atoms with Crippen molar-refractivity contribution in [1.82, 2.24) is 9.55 Å². The van der Waals surface area contributed by atoms with Gasteiger partial charge in [0.15, 0.2) is 6.29 Å². The molecule has 1 aromatic heterocycles. The molecule has 3 N–H and O–H groups in total. The zero-order valence-corrected chi connectivity index (χ0v) is 13.6. The van der Waals surface area contributed by atoms with E-state index in [1.807, 2.05) is 18.2 Å². The second-order valence-corrected chi connectivity index (χ2v) is 6.53. The third-order valence-corrected chi connectivity index (χ3v) is 5.07. The van der Waals surface area contributed by atoms with Crippen LogP contribution in [0.5, 0.6) is 5.75 Å². The maximum absolute atomic E-state index is 12.2. The predicted octanol–water partition coefficient (Wildman–Crippen LogP) is 1.52. The lowest BCUT2D eigenvalue weighted by atomic mass is 9.76. The van der Waals surface area contributed by atoms with Crippen molar-refractivity contribution >= 4 is 0 Å². The largest absolute Gasteiger partial charge is 0.502 e. The van der Waals surface area contributed by atoms with Crippen LogP contribution in [0.1, 0.15) is 49.1 Å². The maximum atomic E-state index is 12.2. The molecule has 3 rings (SSSR count). The standard InChI is InChI=1S/C18H22N2O4/c1-20-13(19-14(17(23)24)15(21)16(20)22)11-18(9-5-6-10-18)12-7-3-2-4-8-12/h2-4,7-8,17,21,23-24H,5-6,9-11H2,1H3. The Labute approximate surface area is 140 Å². The molecular weight excluding hydrogens is 308 g/mol. The summed E-state index contributed by atoms with van der Waals surface area (Å²) < 4.78 is 1.30. The number of rotatable bonds is 4. The number of aromatic hydroxyl groups is 1. The lowest BCUT2D eigenvalue weighted by Crippen LogP contribution is -2.32. The van der Waals surface area contributed by atoms with Crippen molar-refractivity contribution in [2.75, 3.05) is 0 Å². The molecule has 1 aromatic carbocycles. The minimum absolute atomic E-state index is 0.118. The molecule has 2 aromatic rings. The van der Waals surface area contributed by atoms with Crippen LogP contribution in [0.2, 0.25) is 0 Å². The Morgan fingerprint density at radius 1 is 1.21 bits per heavy atom. The highest BCUT2D eigenvalue weighted by atomic mass is 16.5. The van der Waals surface area contributed by atoms with Crippen molar-refractivity contribution in [2.24, 2.45) is 7.05 Å². The molecule has 1 aliphatic carbocycles. The highest BCUT2D eigenvalue weighted by Gasteiger charge is 2.37. The van der Waals surface area contributed by atoms with Gasteiger partial charge in [-0.15, -0.1) is 0 Å². The number of aliphatic hydroxyl groups excluding tert-OH is 1. The molecule has 1 heterocycles. The van der Waals surface area contributed by atoms with Crippen LogP contribution < -0.4 is 5.56 Å². The normalized spacial score (nSPS) is 16.7. The molecule has 0 radical (unpaired) electrons. The fourth-order valence-corrected chi connectivity index (χ4v) is 3.70. The monoisotopic (exact) mass is 330 g/mol. The second kappa shape index (κ2) is 6.37. The Hall–Kier alpha value is -2.18. The first kappa shape index (κ1) is 16.7. The van der Waals surface area contributed by atoms with E-state index in [4.69, 9.17) is 0 Å². The first-order chi connectivity index (χ1) is 11.4. The first-order valence-corrected chi connectivity index (χ1v) is 8.15. The molecule has 24 heavy (non-hydrogen) atoms. The molecule has 6 nitrogen and oxygen atoms in total. The maximum Gasteiger partial charge on any atom is 0.295 e. The number of hydrogen-bond donors (Lipinski definition) is 3. The van der Waals surface area contributed by atoms with Gasteiger partial charge in [0.05, 0.1) is 0 Å². The second-order valence-electron chi connectivity index (χ2n) is 6.53. The summed E-state index contributed by atoms with van der Waals surface area (Å²) in [6, 6.07) is 10.2. The van der Waals surface area contributed by atoms with Crippen LogP contribution in [0.15, 0.2) is 35.1 Å². The van der Waals surface area contributed by atoms with E-state index in [9.17, 15) is 20.1 Å². The molecule has 1 fully saturated rings. The van der Waals surface area contributed by atoms with Crippen molar-refractivity contribution in [3.63, 3.8) is 0 Å². The molecule has 128 valence electrons. The molecule has 6 heteroatoms. The zero-order valence-electron chi connectivity index (χ0n) is 13.6. The molecular formula is C18H22N2O4. The van der Waals surface area contributed by atoms with E-state index in [1.54, 1.807) is 7.05 Å². The molecule has 0 atom stereocenters. The average Bonchev–Trinajstić information content (AvgIpc) is 3.06. The molecule has 0 spiro atoms. The topological polar surface area (TPSA) is 95.6 Å². The van der Waals surface area contributed by atoms with Gasteiger partial charge in [-0.1, -0.05) is 43.2 Å². The van der Waals surface area contributed by atoms with Crippen LogP contribution >= 0.6 is 0 Å². The van der Waals surface area contributed by atoms with Gasteiger partial charge < -0.3 is 15.3 Å². The van der Waals surface area contributed by atoms with Crippen LogP contribution in [-0.2, 0) is 18.9 Å². The summed E-state index contributed by atoms with van der Waals surface area (Å²) in [5.74, 6) is -0.261. The van der Waals surface area contributed by atoms with Crippen molar-refractivity contribution in [2.45, 2.75) is 43.8 Å². The van der Waals surface area contributed by atoms with E-state index >= 15 is 0 Å². The number of aliphatic hydroxyl groups is 2. The summed E-state index contributed by atoms with van der Waals surface area (Å²) in [5, 5.41) is 28.5. The lowest BCUT2D eigenvalue weighted by Gasteiger charge is -2.30. The third-order valence-electron chi connectivity index (χ3n) is 5.07. The quantitative estimate of drug-likeness (QED) is 0.739. The van der Waals surface area contributed by atoms with E-state index in [2.05, 4.69) is 17.1 Å². The van der Waals surface area contributed by atoms with Crippen molar-refractivity contribution in [3.8, 4) is 5.75 Å². The Balaban J connectivity index is 2.07. The van der Waals surface area contributed by atoms with E-state index in [1.165, 1.54) is 10.1 Å². The van der Waals surface area contributed by atoms with Gasteiger partial charge in [0, 0.05) is 18.9 Å². The first-order valence-electron chi connectivity index (χ1n) is 8.15. The Morgan fingerprint density at radius 3 is 2.42 bits per heavy atom. The van der Waals surface area contributed by atoms with Gasteiger partial charge in [0.1, 0.15) is 11.5 Å². The van der Waals surface area contributed by atoms with Crippen LogP contribution in [0.4, 0.5) is 0 Å². The van der Waals surface area contributed by atoms with E-state index in [0.717, 1.165) is 25.7 Å². The molecule has 1 saturated carbocycles. The Morgan fingerprint density at radius 2 is 1.83 bits per heavy atom. The minimum atomic E-state index is -1.98. The summed E-state index contributed by atoms with van der Waals surface area (Å²) >= 11 is 0. The smallest absolute Gasteiger partial charge is 0.295 e. The highest BCUT2D eigenvalue weighted by Crippen LogP contribution is 2.43. The lowest BCUT2D eigenvalue weighted by molar-refractivity contribution is -0.0479. The van der Waals surface area contributed by atoms with Crippen molar-refractivity contribution in [3.05, 3.63) is 57.8 Å². The molecule has 0 unspecified atom stereocenters. The van der Waals surface area contributed by atoms with Gasteiger partial charge in [0.25, 0.3) is 5.56 Å². The zero-order chi connectivity index (χ0) is 17.3. The summed E-state index contributed by atoms with van der Waals surface area (Å²) in [5.41, 5.74) is 0.0437. The summed E-state index contributed by atoms with van der Waals surface area (Å²) in [7, 11) is 1.55.